The quantitative estimate of drug-likeness (QED) is 0.796. The van der Waals surface area contributed by atoms with Crippen LogP contribution in [0.15, 0.2) is 6.07 Å². The van der Waals surface area contributed by atoms with E-state index < -0.39 is 0 Å². The Morgan fingerprint density at radius 1 is 1.41 bits per heavy atom. The second kappa shape index (κ2) is 5.32. The van der Waals surface area contributed by atoms with Gasteiger partial charge in [0.05, 0.1) is 29.4 Å². The van der Waals surface area contributed by atoms with Crippen molar-refractivity contribution in [2.24, 2.45) is 0 Å². The third-order valence-corrected chi connectivity index (χ3v) is 2.85. The average molecular weight is 228 g/mol. The van der Waals surface area contributed by atoms with Crippen molar-refractivity contribution in [1.29, 1.82) is 10.5 Å². The van der Waals surface area contributed by atoms with Gasteiger partial charge in [0.15, 0.2) is 0 Å². The van der Waals surface area contributed by atoms with Crippen molar-refractivity contribution >= 4 is 5.69 Å². The van der Waals surface area contributed by atoms with Gasteiger partial charge in [-0.15, -0.1) is 0 Å². The van der Waals surface area contributed by atoms with Crippen molar-refractivity contribution in [3.63, 3.8) is 0 Å². The maximum atomic E-state index is 9.17. The van der Waals surface area contributed by atoms with Crippen molar-refractivity contribution in [3.8, 4) is 12.1 Å². The zero-order valence-corrected chi connectivity index (χ0v) is 10.7. The molecule has 1 atom stereocenters. The van der Waals surface area contributed by atoms with Crippen molar-refractivity contribution in [2.45, 2.75) is 33.2 Å². The number of hydrogen-bond acceptors (Lipinski definition) is 4. The van der Waals surface area contributed by atoms with Gasteiger partial charge in [-0.25, -0.2) is 0 Å². The molecule has 4 nitrogen and oxygen atoms in total. The maximum Gasteiger partial charge on any atom is 0.103 e. The largest absolute Gasteiger partial charge is 0.370 e. The molecule has 0 N–H and O–H groups in total. The highest BCUT2D eigenvalue weighted by atomic mass is 15.1. The van der Waals surface area contributed by atoms with E-state index in [1.165, 1.54) is 0 Å². The molecule has 17 heavy (non-hydrogen) atoms. The minimum absolute atomic E-state index is 0.0771. The van der Waals surface area contributed by atoms with E-state index in [0.717, 1.165) is 17.1 Å². The molecule has 0 fully saturated rings. The first kappa shape index (κ1) is 13.0. The van der Waals surface area contributed by atoms with Crippen molar-refractivity contribution < 1.29 is 0 Å². The Morgan fingerprint density at radius 2 is 2.06 bits per heavy atom. The Bertz CT molecular complexity index is 493. The molecule has 0 aliphatic rings. The molecule has 1 aromatic rings. The molecule has 0 saturated carbocycles. The van der Waals surface area contributed by atoms with E-state index in [9.17, 15) is 0 Å². The summed E-state index contributed by atoms with van der Waals surface area (Å²) < 4.78 is 0. The molecule has 1 aromatic heterocycles. The predicted molar refractivity (Wildman–Crippen MR) is 66.5 cm³/mol. The summed E-state index contributed by atoms with van der Waals surface area (Å²) in [6.45, 7) is 5.70. The molecular formula is C13H16N4. The van der Waals surface area contributed by atoms with E-state index >= 15 is 0 Å². The number of aromatic nitrogens is 1. The SMILES string of the molecule is Cc1cc(N(C)C(C)CC#N)c(C#N)c(C)n1. The molecule has 0 aromatic carbocycles. The van der Waals surface area contributed by atoms with Gasteiger partial charge in [-0.2, -0.15) is 10.5 Å². The number of nitriles is 2. The van der Waals surface area contributed by atoms with Crippen LogP contribution in [0.3, 0.4) is 0 Å². The lowest BCUT2D eigenvalue weighted by molar-refractivity contribution is 0.700. The van der Waals surface area contributed by atoms with Gasteiger partial charge in [0, 0.05) is 18.8 Å². The van der Waals surface area contributed by atoms with Gasteiger partial charge in [0.2, 0.25) is 0 Å². The van der Waals surface area contributed by atoms with Crippen LogP contribution in [0.1, 0.15) is 30.3 Å². The lowest BCUT2D eigenvalue weighted by atomic mass is 10.1. The van der Waals surface area contributed by atoms with Gasteiger partial charge in [0.25, 0.3) is 0 Å². The summed E-state index contributed by atoms with van der Waals surface area (Å²) in [4.78, 5) is 6.24. The zero-order valence-electron chi connectivity index (χ0n) is 10.7. The molecule has 0 aliphatic heterocycles. The number of aryl methyl sites for hydroxylation is 2. The van der Waals surface area contributed by atoms with Crippen LogP contribution in [0.25, 0.3) is 0 Å². The Kier molecular flexibility index (Phi) is 4.06. The molecular weight excluding hydrogens is 212 g/mol. The molecule has 0 bridgehead atoms. The van der Waals surface area contributed by atoms with Gasteiger partial charge < -0.3 is 4.90 Å². The first-order valence-corrected chi connectivity index (χ1v) is 5.49. The molecule has 0 spiro atoms. The van der Waals surface area contributed by atoms with Crippen LogP contribution in [0.2, 0.25) is 0 Å². The minimum Gasteiger partial charge on any atom is -0.370 e. The lowest BCUT2D eigenvalue weighted by Crippen LogP contribution is -2.29. The zero-order chi connectivity index (χ0) is 13.0. The number of anilines is 1. The third-order valence-electron chi connectivity index (χ3n) is 2.85. The fraction of sp³-hybridized carbons (Fsp3) is 0.462. The predicted octanol–water partition coefficient (Wildman–Crippen LogP) is 2.31. The summed E-state index contributed by atoms with van der Waals surface area (Å²) in [6.07, 6.45) is 0.432. The van der Waals surface area contributed by atoms with Gasteiger partial charge in [-0.1, -0.05) is 0 Å². The van der Waals surface area contributed by atoms with E-state index in [-0.39, 0.29) is 6.04 Å². The standard InChI is InChI=1S/C13H16N4/c1-9-7-13(12(8-15)11(3)16-9)17(4)10(2)5-6-14/h7,10H,5H2,1-4H3. The molecule has 0 radical (unpaired) electrons. The van der Waals surface area contributed by atoms with E-state index in [2.05, 4.69) is 17.1 Å². The number of hydrogen-bond donors (Lipinski definition) is 0. The fourth-order valence-electron chi connectivity index (χ4n) is 1.73. The highest BCUT2D eigenvalue weighted by molar-refractivity contribution is 5.61. The van der Waals surface area contributed by atoms with Crippen LogP contribution >= 0.6 is 0 Å². The highest BCUT2D eigenvalue weighted by Gasteiger charge is 2.16. The van der Waals surface area contributed by atoms with Crippen molar-refractivity contribution in [1.82, 2.24) is 4.98 Å². The van der Waals surface area contributed by atoms with E-state index in [4.69, 9.17) is 10.5 Å². The lowest BCUT2D eigenvalue weighted by Gasteiger charge is -2.26. The van der Waals surface area contributed by atoms with Crippen LogP contribution in [0.5, 0.6) is 0 Å². The highest BCUT2D eigenvalue weighted by Crippen LogP contribution is 2.24. The molecule has 0 saturated heterocycles. The Balaban J connectivity index is 3.22. The fourth-order valence-corrected chi connectivity index (χ4v) is 1.73. The van der Waals surface area contributed by atoms with Gasteiger partial charge in [-0.05, 0) is 26.8 Å². The molecule has 1 rings (SSSR count). The molecule has 0 amide bonds. The molecule has 0 aliphatic carbocycles. The van der Waals surface area contributed by atoms with E-state index in [0.29, 0.717) is 12.0 Å². The third kappa shape index (κ3) is 2.73. The molecule has 88 valence electrons. The van der Waals surface area contributed by atoms with E-state index in [1.54, 1.807) is 0 Å². The van der Waals surface area contributed by atoms with Crippen LogP contribution in [-0.2, 0) is 0 Å². The summed E-state index contributed by atoms with van der Waals surface area (Å²) in [5.74, 6) is 0. The Labute approximate surface area is 102 Å². The first-order valence-electron chi connectivity index (χ1n) is 5.49. The van der Waals surface area contributed by atoms with Gasteiger partial charge in [-0.3, -0.25) is 4.98 Å². The maximum absolute atomic E-state index is 9.17. The monoisotopic (exact) mass is 228 g/mol. The summed E-state index contributed by atoms with van der Waals surface area (Å²) in [7, 11) is 1.90. The minimum atomic E-state index is 0.0771. The Hall–Kier alpha value is -2.07. The second-order valence-corrected chi connectivity index (χ2v) is 4.18. The number of rotatable bonds is 3. The summed E-state index contributed by atoms with van der Waals surface area (Å²) >= 11 is 0. The average Bonchev–Trinajstić information content (AvgIpc) is 2.27. The molecule has 1 unspecified atom stereocenters. The first-order chi connectivity index (χ1) is 8.01. The summed E-state index contributed by atoms with van der Waals surface area (Å²) in [5.41, 5.74) is 3.05. The van der Waals surface area contributed by atoms with Crippen LogP contribution < -0.4 is 4.90 Å². The normalized spacial score (nSPS) is 11.4. The van der Waals surface area contributed by atoms with Gasteiger partial charge in [0.1, 0.15) is 6.07 Å². The Morgan fingerprint density at radius 3 is 2.59 bits per heavy atom. The number of pyridine rings is 1. The van der Waals surface area contributed by atoms with Crippen LogP contribution in [-0.4, -0.2) is 18.1 Å². The van der Waals surface area contributed by atoms with Crippen LogP contribution in [0.4, 0.5) is 5.69 Å². The molecule has 1 heterocycles. The van der Waals surface area contributed by atoms with Crippen molar-refractivity contribution in [2.75, 3.05) is 11.9 Å². The molecule has 4 heteroatoms. The second-order valence-electron chi connectivity index (χ2n) is 4.18. The van der Waals surface area contributed by atoms with Crippen LogP contribution in [0, 0.1) is 36.5 Å². The van der Waals surface area contributed by atoms with Crippen molar-refractivity contribution in [3.05, 3.63) is 23.0 Å². The summed E-state index contributed by atoms with van der Waals surface area (Å²) in [6, 6.07) is 6.29. The topological polar surface area (TPSA) is 63.7 Å². The van der Waals surface area contributed by atoms with Gasteiger partial charge >= 0.3 is 0 Å². The summed E-state index contributed by atoms with van der Waals surface area (Å²) in [5, 5.41) is 17.9. The van der Waals surface area contributed by atoms with E-state index in [1.807, 2.05) is 38.8 Å². The smallest absolute Gasteiger partial charge is 0.103 e. The number of nitrogens with zero attached hydrogens (tertiary/aromatic N) is 4.